The number of halogens is 1. The summed E-state index contributed by atoms with van der Waals surface area (Å²) in [4.78, 5) is 4.02. The van der Waals surface area contributed by atoms with Gasteiger partial charge in [0.15, 0.2) is 0 Å². The van der Waals surface area contributed by atoms with Crippen LogP contribution in [0.3, 0.4) is 0 Å². The van der Waals surface area contributed by atoms with Crippen LogP contribution in [-0.2, 0) is 10.0 Å². The summed E-state index contributed by atoms with van der Waals surface area (Å²) in [5, 5.41) is 0. The fourth-order valence-corrected chi connectivity index (χ4v) is 3.69. The van der Waals surface area contributed by atoms with E-state index in [-0.39, 0.29) is 4.90 Å². The summed E-state index contributed by atoms with van der Waals surface area (Å²) in [5.74, 6) is -0.445. The van der Waals surface area contributed by atoms with E-state index in [2.05, 4.69) is 9.71 Å². The lowest BCUT2D eigenvalue weighted by Crippen LogP contribution is -2.16. The third-order valence-electron chi connectivity index (χ3n) is 2.96. The lowest BCUT2D eigenvalue weighted by Gasteiger charge is -2.14. The summed E-state index contributed by atoms with van der Waals surface area (Å²) in [6.45, 7) is 4.91. The van der Waals surface area contributed by atoms with Crippen LogP contribution in [0.4, 0.5) is 10.1 Å². The van der Waals surface area contributed by atoms with Crippen molar-refractivity contribution in [3.05, 3.63) is 53.1 Å². The minimum absolute atomic E-state index is 0.107. The highest BCUT2D eigenvalue weighted by molar-refractivity contribution is 7.92. The molecule has 2 aromatic rings. The third-order valence-corrected chi connectivity index (χ3v) is 4.63. The molecule has 0 radical (unpaired) electrons. The molecule has 2 rings (SSSR count). The molecule has 0 fully saturated rings. The predicted molar refractivity (Wildman–Crippen MR) is 75.7 cm³/mol. The largest absolute Gasteiger partial charge is 0.279 e. The van der Waals surface area contributed by atoms with Crippen LogP contribution in [0.1, 0.15) is 16.7 Å². The fraction of sp³-hybridized carbons (Fsp3) is 0.214. The molecule has 1 N–H and O–H groups in total. The van der Waals surface area contributed by atoms with Crippen LogP contribution in [0.2, 0.25) is 0 Å². The Kier molecular flexibility index (Phi) is 3.76. The highest BCUT2D eigenvalue weighted by Crippen LogP contribution is 2.24. The van der Waals surface area contributed by atoms with Gasteiger partial charge in [-0.05, 0) is 55.7 Å². The maximum absolute atomic E-state index is 13.3. The van der Waals surface area contributed by atoms with Crippen molar-refractivity contribution in [2.24, 2.45) is 0 Å². The summed E-state index contributed by atoms with van der Waals surface area (Å²) in [6, 6.07) is 4.00. The van der Waals surface area contributed by atoms with Gasteiger partial charge >= 0.3 is 0 Å². The maximum atomic E-state index is 13.3. The van der Waals surface area contributed by atoms with E-state index in [4.69, 9.17) is 0 Å². The Labute approximate surface area is 117 Å². The van der Waals surface area contributed by atoms with Crippen LogP contribution in [0.25, 0.3) is 0 Å². The van der Waals surface area contributed by atoms with Crippen molar-refractivity contribution in [2.75, 3.05) is 4.72 Å². The van der Waals surface area contributed by atoms with Crippen molar-refractivity contribution < 1.29 is 12.8 Å². The van der Waals surface area contributed by atoms with Crippen molar-refractivity contribution in [2.45, 2.75) is 25.7 Å². The highest BCUT2D eigenvalue weighted by atomic mass is 32.2. The van der Waals surface area contributed by atoms with Crippen LogP contribution in [0.5, 0.6) is 0 Å². The Balaban J connectivity index is 2.50. The smallest absolute Gasteiger partial charge is 0.262 e. The average Bonchev–Trinajstić information content (AvgIpc) is 2.30. The summed E-state index contributed by atoms with van der Waals surface area (Å²) in [5.41, 5.74) is 1.93. The summed E-state index contributed by atoms with van der Waals surface area (Å²) in [7, 11) is -3.76. The Hall–Kier alpha value is -1.95. The summed E-state index contributed by atoms with van der Waals surface area (Å²) in [6.07, 6.45) is 3.08. The Morgan fingerprint density at radius 2 is 1.70 bits per heavy atom. The molecule has 0 unspecified atom stereocenters. The van der Waals surface area contributed by atoms with E-state index < -0.39 is 15.8 Å². The second-order valence-corrected chi connectivity index (χ2v) is 6.28. The summed E-state index contributed by atoms with van der Waals surface area (Å²) < 4.78 is 40.7. The molecule has 4 nitrogen and oxygen atoms in total. The lowest BCUT2D eigenvalue weighted by molar-refractivity contribution is 0.597. The topological polar surface area (TPSA) is 59.1 Å². The lowest BCUT2D eigenvalue weighted by atomic mass is 10.1. The number of rotatable bonds is 3. The van der Waals surface area contributed by atoms with Crippen LogP contribution in [-0.4, -0.2) is 13.4 Å². The molecule has 20 heavy (non-hydrogen) atoms. The molecule has 0 amide bonds. The average molecular weight is 294 g/mol. The molecular formula is C14H15FN2O2S. The maximum Gasteiger partial charge on any atom is 0.262 e. The molecule has 1 heterocycles. The molecule has 106 valence electrons. The number of nitrogens with one attached hydrogen (secondary N) is 1. The molecule has 0 aliphatic carbocycles. The Morgan fingerprint density at radius 1 is 1.10 bits per heavy atom. The van der Waals surface area contributed by atoms with Crippen LogP contribution >= 0.6 is 0 Å². The number of hydrogen-bond donors (Lipinski definition) is 1. The van der Waals surface area contributed by atoms with Gasteiger partial charge in [0.25, 0.3) is 10.0 Å². The zero-order valence-corrected chi connectivity index (χ0v) is 12.3. The number of aryl methyl sites for hydroxylation is 3. The molecule has 1 aromatic heterocycles. The van der Waals surface area contributed by atoms with Crippen molar-refractivity contribution >= 4 is 15.7 Å². The first-order valence-electron chi connectivity index (χ1n) is 6.01. The van der Waals surface area contributed by atoms with Gasteiger partial charge in [-0.3, -0.25) is 9.71 Å². The quantitative estimate of drug-likeness (QED) is 0.946. The second-order valence-electron chi connectivity index (χ2n) is 4.66. The van der Waals surface area contributed by atoms with Gasteiger partial charge in [0.05, 0.1) is 10.6 Å². The molecular weight excluding hydrogens is 279 g/mol. The monoisotopic (exact) mass is 294 g/mol. The van der Waals surface area contributed by atoms with E-state index in [1.807, 2.05) is 0 Å². The molecule has 0 aliphatic rings. The number of benzene rings is 1. The number of aromatic nitrogens is 1. The van der Waals surface area contributed by atoms with Gasteiger partial charge < -0.3 is 0 Å². The molecule has 6 heteroatoms. The fourth-order valence-electron chi connectivity index (χ4n) is 2.11. The van der Waals surface area contributed by atoms with Crippen molar-refractivity contribution in [3.63, 3.8) is 0 Å². The number of nitrogens with zero attached hydrogens (tertiary/aromatic N) is 1. The number of hydrogen-bond acceptors (Lipinski definition) is 3. The van der Waals surface area contributed by atoms with E-state index in [1.54, 1.807) is 33.0 Å². The highest BCUT2D eigenvalue weighted by Gasteiger charge is 2.21. The zero-order chi connectivity index (χ0) is 14.9. The Bertz CT molecular complexity index is 735. The van der Waals surface area contributed by atoms with Crippen molar-refractivity contribution in [3.8, 4) is 0 Å². The first-order valence-corrected chi connectivity index (χ1v) is 7.50. The SMILES string of the molecule is Cc1cnccc1NS(=O)(=O)c1c(C)cc(F)cc1C. The predicted octanol–water partition coefficient (Wildman–Crippen LogP) is 2.95. The first kappa shape index (κ1) is 14.5. The van der Waals surface area contributed by atoms with Gasteiger partial charge in [-0.1, -0.05) is 0 Å². The number of pyridine rings is 1. The van der Waals surface area contributed by atoms with Gasteiger partial charge in [0.1, 0.15) is 5.82 Å². The molecule has 0 aliphatic heterocycles. The minimum atomic E-state index is -3.76. The zero-order valence-electron chi connectivity index (χ0n) is 11.4. The third kappa shape index (κ3) is 2.80. The molecule has 0 saturated carbocycles. The van der Waals surface area contributed by atoms with Gasteiger partial charge in [0, 0.05) is 12.4 Å². The van der Waals surface area contributed by atoms with E-state index in [1.165, 1.54) is 18.3 Å². The second kappa shape index (κ2) is 5.20. The van der Waals surface area contributed by atoms with Crippen LogP contribution < -0.4 is 4.72 Å². The number of anilines is 1. The van der Waals surface area contributed by atoms with E-state index in [0.717, 1.165) is 0 Å². The van der Waals surface area contributed by atoms with Crippen molar-refractivity contribution in [1.29, 1.82) is 0 Å². The van der Waals surface area contributed by atoms with E-state index >= 15 is 0 Å². The summed E-state index contributed by atoms with van der Waals surface area (Å²) >= 11 is 0. The number of sulfonamides is 1. The normalized spacial score (nSPS) is 11.4. The van der Waals surface area contributed by atoms with Gasteiger partial charge in [-0.15, -0.1) is 0 Å². The van der Waals surface area contributed by atoms with Crippen LogP contribution in [0, 0.1) is 26.6 Å². The Morgan fingerprint density at radius 3 is 2.25 bits per heavy atom. The standard InChI is InChI=1S/C14H15FN2O2S/c1-9-6-12(15)7-10(2)14(9)20(18,19)17-13-4-5-16-8-11(13)3/h4-8H,1-3H3,(H,16,17). The molecule has 1 aromatic carbocycles. The molecule has 0 atom stereocenters. The van der Waals surface area contributed by atoms with Gasteiger partial charge in [-0.2, -0.15) is 0 Å². The molecule has 0 spiro atoms. The van der Waals surface area contributed by atoms with Gasteiger partial charge in [-0.25, -0.2) is 12.8 Å². The van der Waals surface area contributed by atoms with E-state index in [9.17, 15) is 12.8 Å². The molecule has 0 saturated heterocycles. The van der Waals surface area contributed by atoms with Crippen LogP contribution in [0.15, 0.2) is 35.5 Å². The first-order chi connectivity index (χ1) is 9.31. The minimum Gasteiger partial charge on any atom is -0.279 e. The van der Waals surface area contributed by atoms with Gasteiger partial charge in [0.2, 0.25) is 0 Å². The van der Waals surface area contributed by atoms with Crippen molar-refractivity contribution in [1.82, 2.24) is 4.98 Å². The van der Waals surface area contributed by atoms with E-state index in [0.29, 0.717) is 22.4 Å². The molecule has 0 bridgehead atoms.